The fourth-order valence-electron chi connectivity index (χ4n) is 2.80. The summed E-state index contributed by atoms with van der Waals surface area (Å²) < 4.78 is 1.08. The number of halogens is 1. The molecule has 100 valence electrons. The summed E-state index contributed by atoms with van der Waals surface area (Å²) in [6.45, 7) is 0. The van der Waals surface area contributed by atoms with Gasteiger partial charge in [0.2, 0.25) is 5.91 Å². The predicted molar refractivity (Wildman–Crippen MR) is 79.7 cm³/mol. The first-order valence-electron chi connectivity index (χ1n) is 6.92. The normalized spacial score (nSPS) is 23.3. The molecule has 2 aliphatic rings. The predicted octanol–water partition coefficient (Wildman–Crippen LogP) is 3.91. The molecule has 1 aromatic rings. The van der Waals surface area contributed by atoms with Crippen molar-refractivity contribution < 1.29 is 4.79 Å². The molecule has 1 amide bonds. The minimum absolute atomic E-state index is 0.0832. The van der Waals surface area contributed by atoms with Gasteiger partial charge < -0.3 is 5.32 Å². The number of benzene rings is 1. The highest BCUT2D eigenvalue weighted by atomic mass is 79.9. The highest BCUT2D eigenvalue weighted by Gasteiger charge is 2.45. The molecule has 0 saturated heterocycles. The molecule has 1 saturated carbocycles. The third-order valence-corrected chi connectivity index (χ3v) is 4.61. The molecule has 0 heterocycles. The molecule has 1 N–H and O–H groups in total. The molecular weight excluding hydrogens is 302 g/mol. The average Bonchev–Trinajstić information content (AvgIpc) is 2.98. The van der Waals surface area contributed by atoms with Crippen LogP contribution in [0.1, 0.15) is 37.7 Å². The Bertz CT molecular complexity index is 502. The fraction of sp³-hybridized carbons (Fsp3) is 0.438. The molecule has 3 rings (SSSR count). The number of rotatable bonds is 4. The van der Waals surface area contributed by atoms with Crippen molar-refractivity contribution in [2.24, 2.45) is 5.92 Å². The van der Waals surface area contributed by atoms with Gasteiger partial charge in [0, 0.05) is 10.9 Å². The summed E-state index contributed by atoms with van der Waals surface area (Å²) in [5.74, 6) is 0.637. The summed E-state index contributed by atoms with van der Waals surface area (Å²) in [4.78, 5) is 12.1. The molecule has 0 radical (unpaired) electrons. The number of carbonyl (C=O) groups excluding carboxylic acids is 1. The van der Waals surface area contributed by atoms with Gasteiger partial charge in [-0.05, 0) is 49.3 Å². The third-order valence-electron chi connectivity index (χ3n) is 4.09. The lowest BCUT2D eigenvalue weighted by Gasteiger charge is -2.19. The first kappa shape index (κ1) is 12.9. The largest absolute Gasteiger partial charge is 0.347 e. The van der Waals surface area contributed by atoms with Crippen LogP contribution in [0.25, 0.3) is 0 Å². The van der Waals surface area contributed by atoms with Crippen molar-refractivity contribution in [3.63, 3.8) is 0 Å². The van der Waals surface area contributed by atoms with Crippen molar-refractivity contribution >= 4 is 21.8 Å². The van der Waals surface area contributed by atoms with E-state index in [0.717, 1.165) is 30.2 Å². The maximum Gasteiger partial charge on any atom is 0.221 e. The molecule has 0 unspecified atom stereocenters. The van der Waals surface area contributed by atoms with Crippen LogP contribution in [0, 0.1) is 5.92 Å². The number of hydrogen-bond acceptors (Lipinski definition) is 1. The van der Waals surface area contributed by atoms with Gasteiger partial charge >= 0.3 is 0 Å². The Hall–Kier alpha value is -1.09. The van der Waals surface area contributed by atoms with E-state index in [1.54, 1.807) is 0 Å². The van der Waals surface area contributed by atoms with Crippen LogP contribution in [0.15, 0.2) is 40.9 Å². The van der Waals surface area contributed by atoms with E-state index in [1.165, 1.54) is 5.56 Å². The van der Waals surface area contributed by atoms with Gasteiger partial charge in [-0.15, -0.1) is 0 Å². The topological polar surface area (TPSA) is 29.1 Å². The second-order valence-corrected chi connectivity index (χ2v) is 6.52. The van der Waals surface area contributed by atoms with Crippen molar-refractivity contribution in [3.8, 4) is 0 Å². The van der Waals surface area contributed by atoms with E-state index in [2.05, 4.69) is 45.5 Å². The summed E-state index contributed by atoms with van der Waals surface area (Å²) in [7, 11) is 0. The van der Waals surface area contributed by atoms with Crippen molar-refractivity contribution in [1.29, 1.82) is 0 Å². The van der Waals surface area contributed by atoms with Gasteiger partial charge in [0.25, 0.3) is 0 Å². The van der Waals surface area contributed by atoms with Crippen LogP contribution in [0.3, 0.4) is 0 Å². The Kier molecular flexibility index (Phi) is 3.48. The Morgan fingerprint density at radius 3 is 2.63 bits per heavy atom. The maximum absolute atomic E-state index is 12.1. The Morgan fingerprint density at radius 1 is 1.32 bits per heavy atom. The zero-order valence-electron chi connectivity index (χ0n) is 10.9. The number of hydrogen-bond donors (Lipinski definition) is 1. The van der Waals surface area contributed by atoms with Crippen LogP contribution in [-0.4, -0.2) is 5.91 Å². The smallest absolute Gasteiger partial charge is 0.221 e. The number of nitrogens with one attached hydrogen (secondary N) is 1. The Balaban J connectivity index is 1.63. The van der Waals surface area contributed by atoms with E-state index in [1.807, 2.05) is 12.1 Å². The van der Waals surface area contributed by atoms with Crippen molar-refractivity contribution in [1.82, 2.24) is 5.32 Å². The van der Waals surface area contributed by atoms with Crippen molar-refractivity contribution in [2.75, 3.05) is 0 Å². The minimum Gasteiger partial charge on any atom is -0.347 e. The standard InChI is InChI=1S/C16H18BrNO/c17-14-7-5-13(6-8-14)16(9-10-16)18-15(19)11-12-3-1-2-4-12/h1,3,5-8,12H,2,4,9-11H2,(H,18,19)/t12-/m0/s1. The van der Waals surface area contributed by atoms with Gasteiger partial charge in [0.05, 0.1) is 5.54 Å². The molecule has 2 nitrogen and oxygen atoms in total. The monoisotopic (exact) mass is 319 g/mol. The van der Waals surface area contributed by atoms with Gasteiger partial charge in [-0.2, -0.15) is 0 Å². The second-order valence-electron chi connectivity index (χ2n) is 5.61. The zero-order chi connectivity index (χ0) is 13.3. The lowest BCUT2D eigenvalue weighted by Crippen LogP contribution is -2.35. The molecule has 0 bridgehead atoms. The minimum atomic E-state index is -0.0832. The van der Waals surface area contributed by atoms with Crippen LogP contribution in [0.5, 0.6) is 0 Å². The molecule has 2 aliphatic carbocycles. The van der Waals surface area contributed by atoms with Crippen LogP contribution < -0.4 is 5.32 Å². The highest BCUT2D eigenvalue weighted by molar-refractivity contribution is 9.10. The molecular formula is C16H18BrNO. The van der Waals surface area contributed by atoms with Gasteiger partial charge in [-0.3, -0.25) is 4.79 Å². The van der Waals surface area contributed by atoms with E-state index in [-0.39, 0.29) is 11.4 Å². The zero-order valence-corrected chi connectivity index (χ0v) is 12.4. The molecule has 1 atom stereocenters. The van der Waals surface area contributed by atoms with Crippen LogP contribution in [0.4, 0.5) is 0 Å². The molecule has 1 fully saturated rings. The van der Waals surface area contributed by atoms with Crippen LogP contribution in [0.2, 0.25) is 0 Å². The highest BCUT2D eigenvalue weighted by Crippen LogP contribution is 2.45. The van der Waals surface area contributed by atoms with Gasteiger partial charge in [0.15, 0.2) is 0 Å². The molecule has 0 aliphatic heterocycles. The van der Waals surface area contributed by atoms with E-state index in [4.69, 9.17) is 0 Å². The molecule has 19 heavy (non-hydrogen) atoms. The van der Waals surface area contributed by atoms with Gasteiger partial charge in [-0.1, -0.05) is 40.2 Å². The molecule has 3 heteroatoms. The molecule has 1 aromatic carbocycles. The summed E-state index contributed by atoms with van der Waals surface area (Å²) in [6, 6.07) is 8.29. The van der Waals surface area contributed by atoms with E-state index in [9.17, 15) is 4.79 Å². The number of carbonyl (C=O) groups is 1. The summed E-state index contributed by atoms with van der Waals surface area (Å²) in [6.07, 6.45) is 9.35. The Morgan fingerprint density at radius 2 is 2.05 bits per heavy atom. The second kappa shape index (κ2) is 5.12. The average molecular weight is 320 g/mol. The number of amides is 1. The molecule has 0 aromatic heterocycles. The first-order valence-corrected chi connectivity index (χ1v) is 7.71. The summed E-state index contributed by atoms with van der Waals surface area (Å²) >= 11 is 3.45. The van der Waals surface area contributed by atoms with Crippen molar-refractivity contribution in [2.45, 2.75) is 37.6 Å². The van der Waals surface area contributed by atoms with E-state index in [0.29, 0.717) is 12.3 Å². The summed E-state index contributed by atoms with van der Waals surface area (Å²) in [5, 5.41) is 3.24. The van der Waals surface area contributed by atoms with Crippen LogP contribution in [-0.2, 0) is 10.3 Å². The van der Waals surface area contributed by atoms with E-state index < -0.39 is 0 Å². The third kappa shape index (κ3) is 2.92. The molecule has 0 spiro atoms. The quantitative estimate of drug-likeness (QED) is 0.837. The summed E-state index contributed by atoms with van der Waals surface area (Å²) in [5.41, 5.74) is 1.14. The SMILES string of the molecule is O=C(C[C@H]1C=CCC1)NC1(c2ccc(Br)cc2)CC1. The maximum atomic E-state index is 12.1. The van der Waals surface area contributed by atoms with Gasteiger partial charge in [0.1, 0.15) is 0 Å². The Labute approximate surface area is 122 Å². The van der Waals surface area contributed by atoms with Crippen molar-refractivity contribution in [3.05, 3.63) is 46.5 Å². The van der Waals surface area contributed by atoms with Crippen LogP contribution >= 0.6 is 15.9 Å². The lowest BCUT2D eigenvalue weighted by molar-refractivity contribution is -0.122. The number of allylic oxidation sites excluding steroid dienone is 2. The fourth-order valence-corrected chi connectivity index (χ4v) is 3.07. The van der Waals surface area contributed by atoms with E-state index >= 15 is 0 Å². The lowest BCUT2D eigenvalue weighted by atomic mass is 10.0. The van der Waals surface area contributed by atoms with Gasteiger partial charge in [-0.25, -0.2) is 0 Å². The first-order chi connectivity index (χ1) is 9.18.